The Morgan fingerprint density at radius 1 is 1.14 bits per heavy atom. The van der Waals surface area contributed by atoms with E-state index in [0.717, 1.165) is 5.56 Å². The van der Waals surface area contributed by atoms with Gasteiger partial charge in [0.1, 0.15) is 23.9 Å². The number of ether oxygens (including phenoxy) is 1. The van der Waals surface area contributed by atoms with E-state index < -0.39 is 0 Å². The molecule has 3 rings (SSSR count). The number of carbonyl (C=O) groups excluding carboxylic acids is 1. The van der Waals surface area contributed by atoms with Crippen LogP contribution in [0.5, 0.6) is 5.75 Å². The van der Waals surface area contributed by atoms with Crippen LogP contribution in [0, 0.1) is 0 Å². The quantitative estimate of drug-likeness (QED) is 0.570. The molecule has 0 spiro atoms. The van der Waals surface area contributed by atoms with Crippen LogP contribution >= 0.6 is 11.6 Å². The van der Waals surface area contributed by atoms with E-state index in [1.165, 1.54) is 5.56 Å². The van der Waals surface area contributed by atoms with Gasteiger partial charge in [0.05, 0.1) is 10.7 Å². The highest BCUT2D eigenvalue weighted by atomic mass is 35.5. The van der Waals surface area contributed by atoms with Crippen molar-refractivity contribution in [2.24, 2.45) is 0 Å². The fourth-order valence-corrected chi connectivity index (χ4v) is 2.84. The summed E-state index contributed by atoms with van der Waals surface area (Å²) in [6.45, 7) is 3.94. The first-order chi connectivity index (χ1) is 13.5. The molecule has 28 heavy (non-hydrogen) atoms. The Labute approximate surface area is 168 Å². The summed E-state index contributed by atoms with van der Waals surface area (Å²) in [5.74, 6) is 1.80. The molecule has 146 valence electrons. The lowest BCUT2D eigenvalue weighted by molar-refractivity contribution is -0.118. The van der Waals surface area contributed by atoms with Gasteiger partial charge in [-0.05, 0) is 53.9 Å². The van der Waals surface area contributed by atoms with E-state index in [1.54, 1.807) is 30.3 Å². The van der Waals surface area contributed by atoms with Crippen LogP contribution in [0.15, 0.2) is 59.0 Å². The molecule has 0 saturated carbocycles. The fourth-order valence-electron chi connectivity index (χ4n) is 2.68. The second kappa shape index (κ2) is 8.95. The first kappa shape index (κ1) is 20.0. The highest BCUT2D eigenvalue weighted by molar-refractivity contribution is 6.33. The highest BCUT2D eigenvalue weighted by Gasteiger charge is 2.11. The highest BCUT2D eigenvalue weighted by Crippen LogP contribution is 2.30. The van der Waals surface area contributed by atoms with Gasteiger partial charge in [-0.25, -0.2) is 0 Å². The molecular weight excluding hydrogens is 378 g/mol. The lowest BCUT2D eigenvalue weighted by Gasteiger charge is -2.11. The molecule has 3 aromatic rings. The minimum atomic E-state index is -0.317. The Balaban J connectivity index is 1.63. The molecule has 0 unspecified atom stereocenters. The molecule has 1 aromatic heterocycles. The number of aliphatic hydroxyl groups excluding tert-OH is 1. The van der Waals surface area contributed by atoms with Gasteiger partial charge in [-0.1, -0.05) is 37.6 Å². The summed E-state index contributed by atoms with van der Waals surface area (Å²) in [6, 6.07) is 16.3. The van der Waals surface area contributed by atoms with Gasteiger partial charge in [0.2, 0.25) is 0 Å². The first-order valence-electron chi connectivity index (χ1n) is 8.98. The van der Waals surface area contributed by atoms with Crippen LogP contribution in [0.25, 0.3) is 11.3 Å². The van der Waals surface area contributed by atoms with Gasteiger partial charge in [0.15, 0.2) is 6.61 Å². The molecule has 0 aliphatic carbocycles. The molecule has 0 bridgehead atoms. The zero-order chi connectivity index (χ0) is 20.1. The predicted octanol–water partition coefficient (Wildman–Crippen LogP) is 5.23. The van der Waals surface area contributed by atoms with Crippen LogP contribution in [0.1, 0.15) is 31.1 Å². The summed E-state index contributed by atoms with van der Waals surface area (Å²) < 4.78 is 11.1. The number of anilines is 1. The molecule has 5 nitrogen and oxygen atoms in total. The van der Waals surface area contributed by atoms with E-state index in [-0.39, 0.29) is 19.1 Å². The molecule has 0 atom stereocenters. The maximum Gasteiger partial charge on any atom is 0.262 e. The second-order valence-corrected chi connectivity index (χ2v) is 7.09. The smallest absolute Gasteiger partial charge is 0.262 e. The van der Waals surface area contributed by atoms with Crippen molar-refractivity contribution < 1.29 is 19.1 Å². The molecule has 2 N–H and O–H groups in total. The first-order valence-corrected chi connectivity index (χ1v) is 9.36. The Kier molecular flexibility index (Phi) is 6.39. The summed E-state index contributed by atoms with van der Waals surface area (Å²) in [6.07, 6.45) is 0. The Bertz CT molecular complexity index is 947. The molecule has 0 fully saturated rings. The number of hydrogen-bond donors (Lipinski definition) is 2. The van der Waals surface area contributed by atoms with Gasteiger partial charge in [-0.2, -0.15) is 0 Å². The zero-order valence-electron chi connectivity index (χ0n) is 15.7. The third-order valence-corrected chi connectivity index (χ3v) is 4.59. The molecule has 1 amide bonds. The second-order valence-electron chi connectivity index (χ2n) is 6.68. The minimum Gasteiger partial charge on any atom is -0.484 e. The lowest BCUT2D eigenvalue weighted by atomic mass is 10.0. The van der Waals surface area contributed by atoms with Crippen LogP contribution in [-0.2, 0) is 11.4 Å². The van der Waals surface area contributed by atoms with E-state index >= 15 is 0 Å². The summed E-state index contributed by atoms with van der Waals surface area (Å²) in [4.78, 5) is 12.3. The third-order valence-electron chi connectivity index (χ3n) is 4.26. The maximum absolute atomic E-state index is 12.3. The Morgan fingerprint density at radius 2 is 1.89 bits per heavy atom. The molecule has 0 aliphatic heterocycles. The third kappa shape index (κ3) is 4.94. The van der Waals surface area contributed by atoms with Gasteiger partial charge in [0.25, 0.3) is 5.91 Å². The summed E-state index contributed by atoms with van der Waals surface area (Å²) >= 11 is 6.20. The lowest BCUT2D eigenvalue weighted by Crippen LogP contribution is -2.20. The van der Waals surface area contributed by atoms with Gasteiger partial charge in [-0.15, -0.1) is 0 Å². The summed E-state index contributed by atoms with van der Waals surface area (Å²) in [5.41, 5.74) is 2.41. The largest absolute Gasteiger partial charge is 0.484 e. The number of furan rings is 1. The van der Waals surface area contributed by atoms with Gasteiger partial charge < -0.3 is 19.6 Å². The number of nitrogens with one attached hydrogen (secondary N) is 1. The van der Waals surface area contributed by atoms with Crippen LogP contribution in [-0.4, -0.2) is 17.6 Å². The topological polar surface area (TPSA) is 71.7 Å². The van der Waals surface area contributed by atoms with Crippen LogP contribution < -0.4 is 10.1 Å². The molecule has 1 heterocycles. The molecule has 0 radical (unpaired) electrons. The molecule has 0 aliphatic rings. The zero-order valence-corrected chi connectivity index (χ0v) is 16.5. The number of benzene rings is 2. The van der Waals surface area contributed by atoms with E-state index in [9.17, 15) is 4.79 Å². The van der Waals surface area contributed by atoms with Gasteiger partial charge >= 0.3 is 0 Å². The Morgan fingerprint density at radius 3 is 2.54 bits per heavy atom. The minimum absolute atomic E-state index is 0.128. The number of halogens is 1. The maximum atomic E-state index is 12.3. The van der Waals surface area contributed by atoms with Crippen LogP contribution in [0.4, 0.5) is 5.69 Å². The number of rotatable bonds is 7. The Hall–Kier alpha value is -2.76. The van der Waals surface area contributed by atoms with Crippen molar-refractivity contribution in [2.75, 3.05) is 11.9 Å². The average molecular weight is 400 g/mol. The SMILES string of the molecule is CC(C)c1ccc(OCC(=O)Nc2cc(-c3ccc(CO)o3)ccc2Cl)cc1. The molecule has 6 heteroatoms. The van der Waals surface area contributed by atoms with Crippen molar-refractivity contribution >= 4 is 23.2 Å². The van der Waals surface area contributed by atoms with Crippen molar-refractivity contribution in [3.8, 4) is 17.1 Å². The van der Waals surface area contributed by atoms with Crippen molar-refractivity contribution in [1.29, 1.82) is 0 Å². The van der Waals surface area contributed by atoms with Crippen molar-refractivity contribution in [3.05, 3.63) is 70.9 Å². The van der Waals surface area contributed by atoms with E-state index in [2.05, 4.69) is 19.2 Å². The van der Waals surface area contributed by atoms with Crippen LogP contribution in [0.3, 0.4) is 0 Å². The predicted molar refractivity (Wildman–Crippen MR) is 110 cm³/mol. The van der Waals surface area contributed by atoms with Gasteiger partial charge in [0, 0.05) is 5.56 Å². The van der Waals surface area contributed by atoms with E-state index in [0.29, 0.717) is 33.9 Å². The monoisotopic (exact) mass is 399 g/mol. The van der Waals surface area contributed by atoms with E-state index in [1.807, 2.05) is 24.3 Å². The fraction of sp³-hybridized carbons (Fsp3) is 0.227. The normalized spacial score (nSPS) is 10.9. The molecule has 2 aromatic carbocycles. The number of carbonyl (C=O) groups is 1. The van der Waals surface area contributed by atoms with Crippen molar-refractivity contribution in [2.45, 2.75) is 26.4 Å². The van der Waals surface area contributed by atoms with Crippen molar-refractivity contribution in [1.82, 2.24) is 0 Å². The molecular formula is C22H22ClNO4. The summed E-state index contributed by atoms with van der Waals surface area (Å²) in [5, 5.41) is 12.3. The average Bonchev–Trinajstić information content (AvgIpc) is 3.17. The number of hydrogen-bond acceptors (Lipinski definition) is 4. The van der Waals surface area contributed by atoms with Gasteiger partial charge in [-0.3, -0.25) is 4.79 Å². The number of amides is 1. The number of aliphatic hydroxyl groups is 1. The standard InChI is InChI=1S/C22H22ClNO4/c1-14(2)15-3-6-17(7-4-15)27-13-22(26)24-20-11-16(5-9-19(20)23)21-10-8-18(12-25)28-21/h3-11,14,25H,12-13H2,1-2H3,(H,24,26). The van der Waals surface area contributed by atoms with E-state index in [4.69, 9.17) is 25.9 Å². The molecule has 0 saturated heterocycles. The summed E-state index contributed by atoms with van der Waals surface area (Å²) in [7, 11) is 0. The van der Waals surface area contributed by atoms with Crippen molar-refractivity contribution in [3.63, 3.8) is 0 Å². The van der Waals surface area contributed by atoms with Crippen LogP contribution in [0.2, 0.25) is 5.02 Å².